The quantitative estimate of drug-likeness (QED) is 0.398. The summed E-state index contributed by atoms with van der Waals surface area (Å²) in [6.07, 6.45) is 4.20. The first kappa shape index (κ1) is 16.2. The minimum atomic E-state index is -0.988. The van der Waals surface area contributed by atoms with Gasteiger partial charge in [0.15, 0.2) is 0 Å². The molecule has 0 saturated heterocycles. The maximum absolute atomic E-state index is 5.58. The summed E-state index contributed by atoms with van der Waals surface area (Å²) < 4.78 is 11.1. The van der Waals surface area contributed by atoms with Crippen molar-refractivity contribution in [2.75, 3.05) is 13.4 Å². The van der Waals surface area contributed by atoms with Gasteiger partial charge in [-0.2, -0.15) is 0 Å². The molecule has 0 aliphatic rings. The van der Waals surface area contributed by atoms with E-state index in [1.165, 1.54) is 11.6 Å². The second kappa shape index (κ2) is 8.30. The maximum atomic E-state index is 5.58. The predicted octanol–water partition coefficient (Wildman–Crippen LogP) is 4.42. The molecule has 106 valence electrons. The maximum Gasteiger partial charge on any atom is 0.147 e. The van der Waals surface area contributed by atoms with Crippen LogP contribution in [0.1, 0.15) is 12.5 Å². The number of benzene rings is 1. The molecule has 2 nitrogen and oxygen atoms in total. The summed E-state index contributed by atoms with van der Waals surface area (Å²) in [6, 6.07) is 11.4. The summed E-state index contributed by atoms with van der Waals surface area (Å²) in [7, 11) is -0.988. The fraction of sp³-hybridized carbons (Fsp3) is 0.500. The lowest BCUT2D eigenvalue weighted by Crippen LogP contribution is -2.22. The number of hydrogen-bond donors (Lipinski definition) is 0. The van der Waals surface area contributed by atoms with Crippen LogP contribution in [0.4, 0.5) is 0 Å². The Morgan fingerprint density at radius 1 is 1.16 bits per heavy atom. The zero-order valence-corrected chi connectivity index (χ0v) is 13.6. The molecular formula is C16H26O2Si. The highest BCUT2D eigenvalue weighted by Gasteiger charge is 2.11. The Bertz CT molecular complexity index is 368. The second-order valence-corrected chi connectivity index (χ2v) is 11.6. The van der Waals surface area contributed by atoms with E-state index in [9.17, 15) is 0 Å². The molecule has 0 saturated carbocycles. The van der Waals surface area contributed by atoms with E-state index in [1.807, 2.05) is 25.1 Å². The van der Waals surface area contributed by atoms with Gasteiger partial charge in [0.2, 0.25) is 0 Å². The van der Waals surface area contributed by atoms with Crippen molar-refractivity contribution in [3.63, 3.8) is 0 Å². The number of ether oxygens (including phenoxy) is 2. The molecule has 1 atom stereocenters. The molecular weight excluding hydrogens is 252 g/mol. The Hall–Kier alpha value is -0.903. The lowest BCUT2D eigenvalue weighted by Gasteiger charge is -2.16. The highest BCUT2D eigenvalue weighted by Crippen LogP contribution is 2.08. The standard InChI is InChI=1S/C16H26O2Si/c1-15(10-11-16-8-6-5-7-9-16)18-14-17-12-13-19(2,3)4/h5-11,15H,12-14H2,1-4H3/b11-10+. The average molecular weight is 278 g/mol. The molecule has 0 amide bonds. The van der Waals surface area contributed by atoms with Crippen molar-refractivity contribution in [2.24, 2.45) is 0 Å². The number of hydrogen-bond acceptors (Lipinski definition) is 2. The van der Waals surface area contributed by atoms with Crippen molar-refractivity contribution in [3.8, 4) is 0 Å². The molecule has 3 heteroatoms. The number of rotatable bonds is 8. The van der Waals surface area contributed by atoms with Crippen LogP contribution in [0.5, 0.6) is 0 Å². The fourth-order valence-electron chi connectivity index (χ4n) is 1.46. The van der Waals surface area contributed by atoms with Crippen molar-refractivity contribution < 1.29 is 9.47 Å². The third kappa shape index (κ3) is 8.75. The van der Waals surface area contributed by atoms with Crippen LogP contribution in [-0.4, -0.2) is 27.6 Å². The molecule has 0 aromatic heterocycles. The minimum Gasteiger partial charge on any atom is -0.356 e. The van der Waals surface area contributed by atoms with Crippen molar-refractivity contribution in [2.45, 2.75) is 38.7 Å². The van der Waals surface area contributed by atoms with Crippen LogP contribution in [0.25, 0.3) is 6.08 Å². The first-order valence-electron chi connectivity index (χ1n) is 6.90. The highest BCUT2D eigenvalue weighted by molar-refractivity contribution is 6.76. The van der Waals surface area contributed by atoms with E-state index >= 15 is 0 Å². The molecule has 0 aliphatic carbocycles. The average Bonchev–Trinajstić information content (AvgIpc) is 2.36. The van der Waals surface area contributed by atoms with Crippen LogP contribution in [0.3, 0.4) is 0 Å². The SMILES string of the molecule is CC(/C=C/c1ccccc1)OCOCC[Si](C)(C)C. The Labute approximate surface area is 118 Å². The second-order valence-electron chi connectivity index (χ2n) is 5.98. The molecule has 0 N–H and O–H groups in total. The van der Waals surface area contributed by atoms with Gasteiger partial charge in [0.1, 0.15) is 6.79 Å². The van der Waals surface area contributed by atoms with Crippen LogP contribution < -0.4 is 0 Å². The summed E-state index contributed by atoms with van der Waals surface area (Å²) >= 11 is 0. The van der Waals surface area contributed by atoms with Crippen molar-refractivity contribution in [3.05, 3.63) is 42.0 Å². The predicted molar refractivity (Wildman–Crippen MR) is 85.0 cm³/mol. The van der Waals surface area contributed by atoms with Crippen LogP contribution in [0.2, 0.25) is 25.7 Å². The molecule has 0 aliphatic heterocycles. The van der Waals surface area contributed by atoms with Gasteiger partial charge >= 0.3 is 0 Å². The van der Waals surface area contributed by atoms with E-state index in [1.54, 1.807) is 0 Å². The van der Waals surface area contributed by atoms with Crippen molar-refractivity contribution in [1.82, 2.24) is 0 Å². The lowest BCUT2D eigenvalue weighted by molar-refractivity contribution is -0.0663. The van der Waals surface area contributed by atoms with Crippen molar-refractivity contribution >= 4 is 14.1 Å². The minimum absolute atomic E-state index is 0.0760. The van der Waals surface area contributed by atoms with Crippen LogP contribution >= 0.6 is 0 Å². The first-order valence-corrected chi connectivity index (χ1v) is 10.6. The summed E-state index contributed by atoms with van der Waals surface area (Å²) in [5, 5.41) is 0. The van der Waals surface area contributed by atoms with E-state index < -0.39 is 8.07 Å². The largest absolute Gasteiger partial charge is 0.356 e. The van der Waals surface area contributed by atoms with E-state index in [2.05, 4.69) is 43.9 Å². The molecule has 1 aromatic rings. The van der Waals surface area contributed by atoms with E-state index in [0.717, 1.165) is 6.61 Å². The summed E-state index contributed by atoms with van der Waals surface area (Å²) in [4.78, 5) is 0. The molecule has 1 unspecified atom stereocenters. The molecule has 1 aromatic carbocycles. The molecule has 19 heavy (non-hydrogen) atoms. The Morgan fingerprint density at radius 2 is 1.84 bits per heavy atom. The Kier molecular flexibility index (Phi) is 7.06. The third-order valence-corrected chi connectivity index (χ3v) is 4.47. The molecule has 0 radical (unpaired) electrons. The molecule has 1 rings (SSSR count). The van der Waals surface area contributed by atoms with Gasteiger partial charge in [-0.3, -0.25) is 0 Å². The van der Waals surface area contributed by atoms with Crippen LogP contribution in [0.15, 0.2) is 36.4 Å². The van der Waals surface area contributed by atoms with Gasteiger partial charge in [-0.05, 0) is 18.5 Å². The van der Waals surface area contributed by atoms with Gasteiger partial charge in [-0.1, -0.05) is 62.1 Å². The molecule has 0 heterocycles. The Morgan fingerprint density at radius 3 is 2.47 bits per heavy atom. The van der Waals surface area contributed by atoms with E-state index in [4.69, 9.17) is 9.47 Å². The van der Waals surface area contributed by atoms with Gasteiger partial charge < -0.3 is 9.47 Å². The zero-order chi connectivity index (χ0) is 14.1. The van der Waals surface area contributed by atoms with E-state index in [-0.39, 0.29) is 6.10 Å². The zero-order valence-electron chi connectivity index (χ0n) is 12.6. The normalized spacial score (nSPS) is 13.9. The van der Waals surface area contributed by atoms with Crippen molar-refractivity contribution in [1.29, 1.82) is 0 Å². The fourth-order valence-corrected chi connectivity index (χ4v) is 2.22. The monoisotopic (exact) mass is 278 g/mol. The van der Waals surface area contributed by atoms with Crippen LogP contribution in [-0.2, 0) is 9.47 Å². The summed E-state index contributed by atoms with van der Waals surface area (Å²) in [6.45, 7) is 10.3. The van der Waals surface area contributed by atoms with E-state index in [0.29, 0.717) is 6.79 Å². The van der Waals surface area contributed by atoms with Gasteiger partial charge in [0, 0.05) is 14.7 Å². The van der Waals surface area contributed by atoms with Gasteiger partial charge in [-0.25, -0.2) is 0 Å². The van der Waals surface area contributed by atoms with Gasteiger partial charge in [0.25, 0.3) is 0 Å². The van der Waals surface area contributed by atoms with Gasteiger partial charge in [0.05, 0.1) is 6.10 Å². The summed E-state index contributed by atoms with van der Waals surface area (Å²) in [5.41, 5.74) is 1.19. The molecule has 0 fully saturated rings. The topological polar surface area (TPSA) is 18.5 Å². The summed E-state index contributed by atoms with van der Waals surface area (Å²) in [5.74, 6) is 0. The smallest absolute Gasteiger partial charge is 0.147 e. The van der Waals surface area contributed by atoms with Gasteiger partial charge in [-0.15, -0.1) is 0 Å². The first-order chi connectivity index (χ1) is 8.97. The van der Waals surface area contributed by atoms with Crippen LogP contribution in [0, 0.1) is 0 Å². The Balaban J connectivity index is 2.15. The molecule has 0 spiro atoms. The molecule has 0 bridgehead atoms. The lowest BCUT2D eigenvalue weighted by atomic mass is 10.2. The highest BCUT2D eigenvalue weighted by atomic mass is 28.3. The third-order valence-electron chi connectivity index (χ3n) is 2.77.